The number of likely N-dealkylation sites (tertiary alicyclic amines) is 1. The van der Waals surface area contributed by atoms with Crippen molar-refractivity contribution in [2.75, 3.05) is 26.2 Å². The van der Waals surface area contributed by atoms with Gasteiger partial charge in [0.2, 0.25) is 0 Å². The van der Waals surface area contributed by atoms with Gasteiger partial charge in [-0.05, 0) is 73.7 Å². The number of nitrogens with one attached hydrogen (secondary N) is 1. The fourth-order valence-corrected chi connectivity index (χ4v) is 3.74. The van der Waals surface area contributed by atoms with Crippen LogP contribution in [0.15, 0.2) is 48.5 Å². The van der Waals surface area contributed by atoms with Crippen LogP contribution in [0.4, 0.5) is 0 Å². The Balaban J connectivity index is 1.62. The van der Waals surface area contributed by atoms with Crippen LogP contribution in [-0.2, 0) is 6.42 Å². The van der Waals surface area contributed by atoms with Gasteiger partial charge in [-0.25, -0.2) is 0 Å². The van der Waals surface area contributed by atoms with Crippen molar-refractivity contribution in [2.24, 2.45) is 5.92 Å². The van der Waals surface area contributed by atoms with Crippen molar-refractivity contribution < 1.29 is 9.53 Å². The van der Waals surface area contributed by atoms with Gasteiger partial charge in [0.1, 0.15) is 5.75 Å². The summed E-state index contributed by atoms with van der Waals surface area (Å²) < 4.78 is 5.71. The third kappa shape index (κ3) is 6.07. The van der Waals surface area contributed by atoms with E-state index in [1.807, 2.05) is 24.3 Å². The first-order valence-electron chi connectivity index (χ1n) is 10.9. The van der Waals surface area contributed by atoms with E-state index < -0.39 is 0 Å². The Kier molecular flexibility index (Phi) is 7.70. The molecule has 0 unspecified atom stereocenters. The van der Waals surface area contributed by atoms with Gasteiger partial charge in [-0.15, -0.1) is 0 Å². The van der Waals surface area contributed by atoms with E-state index in [-0.39, 0.29) is 11.9 Å². The van der Waals surface area contributed by atoms with Gasteiger partial charge in [0, 0.05) is 12.1 Å². The van der Waals surface area contributed by atoms with Crippen molar-refractivity contribution in [3.05, 3.63) is 65.2 Å². The quantitative estimate of drug-likeness (QED) is 0.661. The van der Waals surface area contributed by atoms with Gasteiger partial charge in [0.25, 0.3) is 5.91 Å². The smallest absolute Gasteiger partial charge is 0.251 e. The number of aryl methyl sites for hydroxylation is 1. The molecular formula is C25H34N2O2. The van der Waals surface area contributed by atoms with Crippen molar-refractivity contribution >= 4 is 5.91 Å². The lowest BCUT2D eigenvalue weighted by atomic mass is 10.0. The van der Waals surface area contributed by atoms with Crippen molar-refractivity contribution in [1.82, 2.24) is 10.2 Å². The topological polar surface area (TPSA) is 41.6 Å². The van der Waals surface area contributed by atoms with Crippen LogP contribution >= 0.6 is 0 Å². The van der Waals surface area contributed by atoms with Crippen LogP contribution in [-0.4, -0.2) is 37.0 Å². The van der Waals surface area contributed by atoms with Gasteiger partial charge in [0.15, 0.2) is 0 Å². The van der Waals surface area contributed by atoms with Gasteiger partial charge >= 0.3 is 0 Å². The van der Waals surface area contributed by atoms with Crippen LogP contribution in [0.5, 0.6) is 5.75 Å². The summed E-state index contributed by atoms with van der Waals surface area (Å²) in [6.45, 7) is 9.90. The van der Waals surface area contributed by atoms with Gasteiger partial charge in [-0.1, -0.05) is 45.0 Å². The van der Waals surface area contributed by atoms with Gasteiger partial charge in [0.05, 0.1) is 12.6 Å². The second-order valence-electron chi connectivity index (χ2n) is 8.29. The number of hydrogen-bond donors (Lipinski definition) is 1. The van der Waals surface area contributed by atoms with E-state index >= 15 is 0 Å². The maximum Gasteiger partial charge on any atom is 0.251 e. The summed E-state index contributed by atoms with van der Waals surface area (Å²) in [6, 6.07) is 16.5. The Morgan fingerprint density at radius 3 is 2.28 bits per heavy atom. The predicted molar refractivity (Wildman–Crippen MR) is 118 cm³/mol. The Bertz CT molecular complexity index is 762. The third-order valence-corrected chi connectivity index (χ3v) is 5.51. The Labute approximate surface area is 175 Å². The van der Waals surface area contributed by atoms with Crippen LogP contribution in [0.2, 0.25) is 0 Å². The zero-order valence-corrected chi connectivity index (χ0v) is 18.0. The molecule has 1 N–H and O–H groups in total. The van der Waals surface area contributed by atoms with Crippen LogP contribution in [0.1, 0.15) is 61.1 Å². The zero-order chi connectivity index (χ0) is 20.6. The highest BCUT2D eigenvalue weighted by molar-refractivity contribution is 5.94. The van der Waals surface area contributed by atoms with E-state index in [2.05, 4.69) is 55.3 Å². The lowest BCUT2D eigenvalue weighted by Crippen LogP contribution is -2.36. The number of benzene rings is 2. The number of hydrogen-bond acceptors (Lipinski definition) is 3. The van der Waals surface area contributed by atoms with Crippen molar-refractivity contribution in [3.63, 3.8) is 0 Å². The Hall–Kier alpha value is -2.33. The molecule has 156 valence electrons. The molecule has 2 aromatic carbocycles. The van der Waals surface area contributed by atoms with Crippen molar-refractivity contribution in [1.29, 1.82) is 0 Å². The predicted octanol–water partition coefficient (Wildman–Crippen LogP) is 4.85. The van der Waals surface area contributed by atoms with Crippen molar-refractivity contribution in [3.8, 4) is 5.75 Å². The first kappa shape index (κ1) is 21.4. The molecule has 1 atom stereocenters. The largest absolute Gasteiger partial charge is 0.493 e. The molecule has 1 heterocycles. The summed E-state index contributed by atoms with van der Waals surface area (Å²) in [5, 5.41) is 3.15. The van der Waals surface area contributed by atoms with Gasteiger partial charge in [-0.3, -0.25) is 9.69 Å². The van der Waals surface area contributed by atoms with Crippen LogP contribution in [0.25, 0.3) is 0 Å². The second-order valence-corrected chi connectivity index (χ2v) is 8.29. The summed E-state index contributed by atoms with van der Waals surface area (Å²) in [6.07, 6.45) is 3.51. The average Bonchev–Trinajstić information content (AvgIpc) is 3.27. The second kappa shape index (κ2) is 10.4. The van der Waals surface area contributed by atoms with E-state index in [1.54, 1.807) is 0 Å². The molecule has 0 saturated carbocycles. The zero-order valence-electron chi connectivity index (χ0n) is 18.0. The lowest BCUT2D eigenvalue weighted by molar-refractivity contribution is 0.0938. The number of ether oxygens (including phenoxy) is 1. The number of amides is 1. The van der Waals surface area contributed by atoms with Crippen LogP contribution in [0.3, 0.4) is 0 Å². The van der Waals surface area contributed by atoms with Crippen LogP contribution in [0, 0.1) is 5.92 Å². The molecule has 1 saturated heterocycles. The molecule has 0 bridgehead atoms. The maximum absolute atomic E-state index is 12.7. The molecule has 0 aliphatic carbocycles. The van der Waals surface area contributed by atoms with E-state index in [4.69, 9.17) is 4.74 Å². The summed E-state index contributed by atoms with van der Waals surface area (Å²) >= 11 is 0. The minimum atomic E-state index is -0.0326. The molecule has 1 amide bonds. The molecular weight excluding hydrogens is 360 g/mol. The maximum atomic E-state index is 12.7. The van der Waals surface area contributed by atoms with E-state index in [0.29, 0.717) is 24.6 Å². The Morgan fingerprint density at radius 1 is 1.03 bits per heavy atom. The molecule has 3 rings (SSSR count). The normalized spacial score (nSPS) is 15.4. The van der Waals surface area contributed by atoms with Gasteiger partial charge in [-0.2, -0.15) is 0 Å². The summed E-state index contributed by atoms with van der Waals surface area (Å²) in [7, 11) is 0. The number of rotatable bonds is 9. The van der Waals surface area contributed by atoms with E-state index in [0.717, 1.165) is 25.3 Å². The molecule has 29 heavy (non-hydrogen) atoms. The summed E-state index contributed by atoms with van der Waals surface area (Å²) in [5.74, 6) is 1.25. The fourth-order valence-electron chi connectivity index (χ4n) is 3.74. The number of nitrogens with zero attached hydrogens (tertiary/aromatic N) is 1. The molecule has 1 fully saturated rings. The first-order chi connectivity index (χ1) is 14.1. The standard InChI is InChI=1S/C25H34N2O2/c1-4-20-7-9-21(10-8-20)24(27-15-5-6-16-27)17-26-25(28)22-11-13-23(14-12-22)29-18-19(2)3/h7-14,19,24H,4-6,15-18H2,1-3H3,(H,26,28)/t24-/m0/s1. The molecule has 0 radical (unpaired) electrons. The van der Waals surface area contributed by atoms with Crippen LogP contribution < -0.4 is 10.1 Å². The molecule has 2 aromatic rings. The molecule has 0 spiro atoms. The summed E-state index contributed by atoms with van der Waals surface area (Å²) in [5.41, 5.74) is 3.29. The number of carbonyl (C=O) groups is 1. The molecule has 1 aliphatic heterocycles. The molecule has 4 nitrogen and oxygen atoms in total. The fraction of sp³-hybridized carbons (Fsp3) is 0.480. The Morgan fingerprint density at radius 2 is 1.69 bits per heavy atom. The minimum absolute atomic E-state index is 0.0326. The average molecular weight is 395 g/mol. The monoisotopic (exact) mass is 394 g/mol. The SMILES string of the molecule is CCc1ccc([C@H](CNC(=O)c2ccc(OCC(C)C)cc2)N2CCCC2)cc1. The third-order valence-electron chi connectivity index (χ3n) is 5.51. The minimum Gasteiger partial charge on any atom is -0.493 e. The number of carbonyl (C=O) groups excluding carboxylic acids is 1. The van der Waals surface area contributed by atoms with Crippen molar-refractivity contribution in [2.45, 2.75) is 46.1 Å². The van der Waals surface area contributed by atoms with E-state index in [1.165, 1.54) is 24.0 Å². The molecule has 1 aliphatic rings. The highest BCUT2D eigenvalue weighted by atomic mass is 16.5. The molecule has 4 heteroatoms. The summed E-state index contributed by atoms with van der Waals surface area (Å²) in [4.78, 5) is 15.2. The lowest BCUT2D eigenvalue weighted by Gasteiger charge is -2.28. The first-order valence-corrected chi connectivity index (χ1v) is 10.9. The molecule has 0 aromatic heterocycles. The van der Waals surface area contributed by atoms with E-state index in [9.17, 15) is 4.79 Å². The highest BCUT2D eigenvalue weighted by Crippen LogP contribution is 2.25. The highest BCUT2D eigenvalue weighted by Gasteiger charge is 2.24. The van der Waals surface area contributed by atoms with Gasteiger partial charge < -0.3 is 10.1 Å².